The minimum absolute atomic E-state index is 0.691. The van der Waals surface area contributed by atoms with Gasteiger partial charge in [0.25, 0.3) is 0 Å². The van der Waals surface area contributed by atoms with Gasteiger partial charge < -0.3 is 14.3 Å². The molecule has 4 heteroatoms. The number of nitrogens with zero attached hydrogens (tertiary/aromatic N) is 1. The quantitative estimate of drug-likeness (QED) is 0.764. The van der Waals surface area contributed by atoms with Crippen LogP contribution in [-0.2, 0) is 13.1 Å². The summed E-state index contributed by atoms with van der Waals surface area (Å²) in [7, 11) is 0. The molecule has 0 bridgehead atoms. The molecule has 0 unspecified atom stereocenters. The Labute approximate surface area is 105 Å². The summed E-state index contributed by atoms with van der Waals surface area (Å²) in [5.41, 5.74) is 3.00. The van der Waals surface area contributed by atoms with Crippen LogP contribution >= 0.6 is 0 Å². The molecule has 2 aromatic heterocycles. The Morgan fingerprint density at radius 1 is 1.22 bits per heavy atom. The van der Waals surface area contributed by atoms with Crippen molar-refractivity contribution in [2.45, 2.75) is 20.0 Å². The first kappa shape index (κ1) is 11.0. The Morgan fingerprint density at radius 3 is 2.94 bits per heavy atom. The second-order valence-electron chi connectivity index (χ2n) is 4.29. The van der Waals surface area contributed by atoms with Gasteiger partial charge in [0.15, 0.2) is 0 Å². The van der Waals surface area contributed by atoms with E-state index in [4.69, 9.17) is 8.94 Å². The molecule has 3 aromatic rings. The van der Waals surface area contributed by atoms with E-state index >= 15 is 0 Å². The van der Waals surface area contributed by atoms with E-state index in [9.17, 15) is 0 Å². The molecule has 0 saturated carbocycles. The summed E-state index contributed by atoms with van der Waals surface area (Å²) in [6.07, 6.45) is 1.80. The Hall–Kier alpha value is -2.07. The molecule has 2 heterocycles. The molecule has 3 rings (SSSR count). The van der Waals surface area contributed by atoms with Gasteiger partial charge >= 0.3 is 0 Å². The zero-order chi connectivity index (χ0) is 12.4. The summed E-state index contributed by atoms with van der Waals surface area (Å²) in [4.78, 5) is 0. The predicted octanol–water partition coefficient (Wildman–Crippen LogP) is 3.02. The first-order chi connectivity index (χ1) is 8.83. The maximum atomic E-state index is 5.48. The highest BCUT2D eigenvalue weighted by Gasteiger charge is 2.05. The minimum Gasteiger partial charge on any atom is -0.464 e. The van der Waals surface area contributed by atoms with Crippen LogP contribution in [0.5, 0.6) is 0 Å². The van der Waals surface area contributed by atoms with Gasteiger partial charge in [0, 0.05) is 30.1 Å². The Kier molecular flexibility index (Phi) is 2.86. The standard InChI is InChI=1S/C14H14N2O2/c1-10-6-12(16-18-10)8-15-7-11-9-17-14-5-3-2-4-13(11)14/h2-6,9,15H,7-8H2,1H3. The summed E-state index contributed by atoms with van der Waals surface area (Å²) in [6.45, 7) is 3.33. The summed E-state index contributed by atoms with van der Waals surface area (Å²) >= 11 is 0. The van der Waals surface area contributed by atoms with Crippen LogP contribution in [0.2, 0.25) is 0 Å². The number of fused-ring (bicyclic) bond motifs is 1. The van der Waals surface area contributed by atoms with E-state index in [2.05, 4.69) is 16.5 Å². The lowest BCUT2D eigenvalue weighted by atomic mass is 10.2. The van der Waals surface area contributed by atoms with E-state index in [1.165, 1.54) is 0 Å². The van der Waals surface area contributed by atoms with E-state index in [0.717, 1.165) is 34.5 Å². The molecule has 0 aliphatic heterocycles. The van der Waals surface area contributed by atoms with Crippen molar-refractivity contribution >= 4 is 11.0 Å². The lowest BCUT2D eigenvalue weighted by Gasteiger charge is -1.99. The highest BCUT2D eigenvalue weighted by molar-refractivity contribution is 5.80. The highest BCUT2D eigenvalue weighted by Crippen LogP contribution is 2.20. The number of furan rings is 1. The minimum atomic E-state index is 0.691. The van der Waals surface area contributed by atoms with E-state index in [1.54, 1.807) is 6.26 Å². The van der Waals surface area contributed by atoms with Crippen LogP contribution in [0.3, 0.4) is 0 Å². The molecular weight excluding hydrogens is 228 g/mol. The molecule has 0 fully saturated rings. The molecule has 0 radical (unpaired) electrons. The number of nitrogens with one attached hydrogen (secondary N) is 1. The highest BCUT2D eigenvalue weighted by atomic mass is 16.5. The van der Waals surface area contributed by atoms with Crippen molar-refractivity contribution in [1.82, 2.24) is 10.5 Å². The second-order valence-corrected chi connectivity index (χ2v) is 4.29. The molecular formula is C14H14N2O2. The van der Waals surface area contributed by atoms with Crippen LogP contribution in [0.15, 0.2) is 45.5 Å². The van der Waals surface area contributed by atoms with E-state index in [0.29, 0.717) is 6.54 Å². The van der Waals surface area contributed by atoms with E-state index < -0.39 is 0 Å². The SMILES string of the molecule is Cc1cc(CNCc2coc3ccccc23)no1. The van der Waals surface area contributed by atoms with Gasteiger partial charge in [-0.25, -0.2) is 0 Å². The van der Waals surface area contributed by atoms with Gasteiger partial charge in [-0.05, 0) is 13.0 Å². The topological polar surface area (TPSA) is 51.2 Å². The third-order valence-corrected chi connectivity index (χ3v) is 2.86. The maximum Gasteiger partial charge on any atom is 0.134 e. The van der Waals surface area contributed by atoms with Gasteiger partial charge in [-0.3, -0.25) is 0 Å². The van der Waals surface area contributed by atoms with Crippen molar-refractivity contribution in [3.05, 3.63) is 53.6 Å². The smallest absolute Gasteiger partial charge is 0.134 e. The lowest BCUT2D eigenvalue weighted by Crippen LogP contribution is -2.12. The largest absolute Gasteiger partial charge is 0.464 e. The number of rotatable bonds is 4. The average molecular weight is 242 g/mol. The molecule has 0 atom stereocenters. The first-order valence-corrected chi connectivity index (χ1v) is 5.91. The van der Waals surface area contributed by atoms with Crippen LogP contribution in [0.4, 0.5) is 0 Å². The zero-order valence-electron chi connectivity index (χ0n) is 10.1. The Bertz CT molecular complexity index is 654. The van der Waals surface area contributed by atoms with Crippen molar-refractivity contribution in [3.63, 3.8) is 0 Å². The van der Waals surface area contributed by atoms with Crippen molar-refractivity contribution in [2.24, 2.45) is 0 Å². The zero-order valence-corrected chi connectivity index (χ0v) is 10.1. The number of hydrogen-bond acceptors (Lipinski definition) is 4. The summed E-state index contributed by atoms with van der Waals surface area (Å²) in [6, 6.07) is 9.96. The molecule has 0 amide bonds. The van der Waals surface area contributed by atoms with Crippen LogP contribution in [0, 0.1) is 6.92 Å². The van der Waals surface area contributed by atoms with Gasteiger partial charge in [-0.2, -0.15) is 0 Å². The average Bonchev–Trinajstić information content (AvgIpc) is 2.97. The van der Waals surface area contributed by atoms with Gasteiger partial charge in [-0.15, -0.1) is 0 Å². The molecule has 92 valence electrons. The van der Waals surface area contributed by atoms with Crippen LogP contribution in [0.1, 0.15) is 17.0 Å². The number of aromatic nitrogens is 1. The van der Waals surface area contributed by atoms with Gasteiger partial charge in [0.05, 0.1) is 12.0 Å². The Morgan fingerprint density at radius 2 is 2.11 bits per heavy atom. The van der Waals surface area contributed by atoms with Gasteiger partial charge in [0.2, 0.25) is 0 Å². The summed E-state index contributed by atoms with van der Waals surface area (Å²) in [5.74, 6) is 0.834. The van der Waals surface area contributed by atoms with E-state index in [1.807, 2.05) is 31.2 Å². The molecule has 0 spiro atoms. The fourth-order valence-corrected chi connectivity index (χ4v) is 2.00. The van der Waals surface area contributed by atoms with Crippen LogP contribution in [0.25, 0.3) is 11.0 Å². The van der Waals surface area contributed by atoms with Crippen LogP contribution in [-0.4, -0.2) is 5.16 Å². The second kappa shape index (κ2) is 4.66. The van der Waals surface area contributed by atoms with Crippen molar-refractivity contribution in [1.29, 1.82) is 0 Å². The van der Waals surface area contributed by atoms with Crippen molar-refractivity contribution in [3.8, 4) is 0 Å². The predicted molar refractivity (Wildman–Crippen MR) is 68.0 cm³/mol. The summed E-state index contributed by atoms with van der Waals surface area (Å²) in [5, 5.41) is 8.42. The van der Waals surface area contributed by atoms with Crippen molar-refractivity contribution in [2.75, 3.05) is 0 Å². The molecule has 4 nitrogen and oxygen atoms in total. The monoisotopic (exact) mass is 242 g/mol. The van der Waals surface area contributed by atoms with E-state index in [-0.39, 0.29) is 0 Å². The molecule has 0 aliphatic rings. The first-order valence-electron chi connectivity index (χ1n) is 5.91. The van der Waals surface area contributed by atoms with Gasteiger partial charge in [0.1, 0.15) is 11.3 Å². The fraction of sp³-hybridized carbons (Fsp3) is 0.214. The normalized spacial score (nSPS) is 11.2. The third-order valence-electron chi connectivity index (χ3n) is 2.86. The molecule has 18 heavy (non-hydrogen) atoms. The van der Waals surface area contributed by atoms with Gasteiger partial charge in [-0.1, -0.05) is 23.4 Å². The maximum absolute atomic E-state index is 5.48. The Balaban J connectivity index is 1.66. The molecule has 0 saturated heterocycles. The number of benzene rings is 1. The third kappa shape index (κ3) is 2.15. The lowest BCUT2D eigenvalue weighted by molar-refractivity contribution is 0.388. The molecule has 0 aliphatic carbocycles. The number of aryl methyl sites for hydroxylation is 1. The number of hydrogen-bond donors (Lipinski definition) is 1. The van der Waals surface area contributed by atoms with Crippen molar-refractivity contribution < 1.29 is 8.94 Å². The van der Waals surface area contributed by atoms with Crippen LogP contribution < -0.4 is 5.32 Å². The molecule has 1 aromatic carbocycles. The molecule has 1 N–H and O–H groups in total. The fourth-order valence-electron chi connectivity index (χ4n) is 2.00. The summed E-state index contributed by atoms with van der Waals surface area (Å²) < 4.78 is 10.5. The number of para-hydroxylation sites is 1.